The van der Waals surface area contributed by atoms with Gasteiger partial charge in [-0.15, -0.1) is 0 Å². The largest absolute Gasteiger partial charge is 0.409 e. The molecule has 0 atom stereocenters. The van der Waals surface area contributed by atoms with Crippen LogP contribution in [0.25, 0.3) is 0 Å². The number of carbonyl (C=O) groups is 1. The van der Waals surface area contributed by atoms with Gasteiger partial charge < -0.3 is 20.6 Å². The molecule has 1 aliphatic heterocycles. The zero-order valence-corrected chi connectivity index (χ0v) is 10.6. The summed E-state index contributed by atoms with van der Waals surface area (Å²) in [5.74, 6) is -0.0630. The SMILES string of the molecule is NC(=NO)c1cccc(C(=O)N2CCCOCC2)c1. The van der Waals surface area contributed by atoms with Crippen molar-refractivity contribution in [3.63, 3.8) is 0 Å². The third-order valence-electron chi connectivity index (χ3n) is 3.02. The average Bonchev–Trinajstić information content (AvgIpc) is 2.75. The first kappa shape index (κ1) is 13.4. The van der Waals surface area contributed by atoms with Crippen LogP contribution >= 0.6 is 0 Å². The molecule has 2 rings (SSSR count). The molecule has 1 aromatic carbocycles. The number of nitrogens with zero attached hydrogens (tertiary/aromatic N) is 2. The van der Waals surface area contributed by atoms with Crippen molar-refractivity contribution in [3.8, 4) is 0 Å². The summed E-state index contributed by atoms with van der Waals surface area (Å²) >= 11 is 0. The Morgan fingerprint density at radius 1 is 1.32 bits per heavy atom. The van der Waals surface area contributed by atoms with E-state index in [4.69, 9.17) is 15.7 Å². The quantitative estimate of drug-likeness (QED) is 0.355. The lowest BCUT2D eigenvalue weighted by molar-refractivity contribution is 0.0741. The molecule has 1 saturated heterocycles. The molecule has 6 heteroatoms. The van der Waals surface area contributed by atoms with Crippen LogP contribution in [0.2, 0.25) is 0 Å². The van der Waals surface area contributed by atoms with Crippen LogP contribution in [0.1, 0.15) is 22.3 Å². The number of carbonyl (C=O) groups excluding carboxylic acids is 1. The van der Waals surface area contributed by atoms with Crippen LogP contribution < -0.4 is 5.73 Å². The first-order chi connectivity index (χ1) is 9.22. The van der Waals surface area contributed by atoms with Crippen molar-refractivity contribution in [3.05, 3.63) is 35.4 Å². The number of ether oxygens (including phenoxy) is 1. The van der Waals surface area contributed by atoms with Gasteiger partial charge in [-0.1, -0.05) is 17.3 Å². The number of hydrogen-bond acceptors (Lipinski definition) is 4. The number of nitrogens with two attached hydrogens (primary N) is 1. The third-order valence-corrected chi connectivity index (χ3v) is 3.02. The van der Waals surface area contributed by atoms with Crippen molar-refractivity contribution in [1.82, 2.24) is 4.90 Å². The lowest BCUT2D eigenvalue weighted by Gasteiger charge is -2.19. The lowest BCUT2D eigenvalue weighted by atomic mass is 10.1. The lowest BCUT2D eigenvalue weighted by Crippen LogP contribution is -2.33. The van der Waals surface area contributed by atoms with Gasteiger partial charge in [-0.3, -0.25) is 4.79 Å². The second kappa shape index (κ2) is 6.19. The van der Waals surface area contributed by atoms with Crippen molar-refractivity contribution in [1.29, 1.82) is 0 Å². The number of amidine groups is 1. The Morgan fingerprint density at radius 2 is 2.11 bits per heavy atom. The number of oxime groups is 1. The van der Waals surface area contributed by atoms with Gasteiger partial charge >= 0.3 is 0 Å². The van der Waals surface area contributed by atoms with E-state index in [1.807, 2.05) is 0 Å². The molecule has 1 aliphatic rings. The summed E-state index contributed by atoms with van der Waals surface area (Å²) in [7, 11) is 0. The van der Waals surface area contributed by atoms with Crippen LogP contribution in [0.4, 0.5) is 0 Å². The van der Waals surface area contributed by atoms with Gasteiger partial charge in [0.25, 0.3) is 5.91 Å². The van der Waals surface area contributed by atoms with Crippen molar-refractivity contribution in [2.24, 2.45) is 10.9 Å². The molecule has 0 unspecified atom stereocenters. The predicted octanol–water partition coefficient (Wildman–Crippen LogP) is 0.644. The van der Waals surface area contributed by atoms with Gasteiger partial charge in [0, 0.05) is 30.8 Å². The van der Waals surface area contributed by atoms with Gasteiger partial charge in [-0.2, -0.15) is 0 Å². The Morgan fingerprint density at radius 3 is 2.89 bits per heavy atom. The molecule has 0 saturated carbocycles. The molecule has 6 nitrogen and oxygen atoms in total. The van der Waals surface area contributed by atoms with Crippen molar-refractivity contribution >= 4 is 11.7 Å². The molecule has 1 amide bonds. The van der Waals surface area contributed by atoms with Crippen LogP contribution in [-0.2, 0) is 4.74 Å². The second-order valence-electron chi connectivity index (χ2n) is 4.32. The van der Waals surface area contributed by atoms with E-state index in [2.05, 4.69) is 5.16 Å². The Hall–Kier alpha value is -2.08. The standard InChI is InChI=1S/C13H17N3O3/c14-12(15-18)10-3-1-4-11(9-10)13(17)16-5-2-7-19-8-6-16/h1,3-4,9,18H,2,5-8H2,(H2,14,15). The molecule has 19 heavy (non-hydrogen) atoms. The summed E-state index contributed by atoms with van der Waals surface area (Å²) in [5, 5.41) is 11.6. The van der Waals surface area contributed by atoms with E-state index >= 15 is 0 Å². The normalized spacial score (nSPS) is 17.1. The molecule has 0 aliphatic carbocycles. The van der Waals surface area contributed by atoms with Gasteiger partial charge in [0.2, 0.25) is 0 Å². The zero-order valence-electron chi connectivity index (χ0n) is 10.6. The summed E-state index contributed by atoms with van der Waals surface area (Å²) in [6.07, 6.45) is 0.839. The molecular formula is C13H17N3O3. The smallest absolute Gasteiger partial charge is 0.253 e. The predicted molar refractivity (Wildman–Crippen MR) is 70.3 cm³/mol. The van der Waals surface area contributed by atoms with Gasteiger partial charge in [0.1, 0.15) is 0 Å². The van der Waals surface area contributed by atoms with Crippen LogP contribution in [-0.4, -0.2) is 48.2 Å². The topological polar surface area (TPSA) is 88.2 Å². The van der Waals surface area contributed by atoms with Crippen LogP contribution in [0.15, 0.2) is 29.4 Å². The van der Waals surface area contributed by atoms with E-state index in [1.165, 1.54) is 0 Å². The third kappa shape index (κ3) is 3.23. The summed E-state index contributed by atoms with van der Waals surface area (Å²) in [6, 6.07) is 6.76. The Labute approximate surface area is 111 Å². The zero-order chi connectivity index (χ0) is 13.7. The molecule has 0 bridgehead atoms. The molecule has 0 aromatic heterocycles. The fourth-order valence-corrected chi connectivity index (χ4v) is 2.00. The van der Waals surface area contributed by atoms with E-state index < -0.39 is 0 Å². The molecule has 1 fully saturated rings. The van der Waals surface area contributed by atoms with E-state index in [0.29, 0.717) is 37.4 Å². The summed E-state index contributed by atoms with van der Waals surface area (Å²) < 4.78 is 5.32. The maximum Gasteiger partial charge on any atom is 0.253 e. The highest BCUT2D eigenvalue weighted by Gasteiger charge is 2.17. The average molecular weight is 263 g/mol. The minimum absolute atomic E-state index is 0.00569. The molecule has 0 spiro atoms. The van der Waals surface area contributed by atoms with Crippen LogP contribution in [0.5, 0.6) is 0 Å². The van der Waals surface area contributed by atoms with Crippen LogP contribution in [0, 0.1) is 0 Å². The number of amides is 1. The van der Waals surface area contributed by atoms with Gasteiger partial charge in [0.05, 0.1) is 6.61 Å². The Balaban J connectivity index is 2.18. The minimum atomic E-state index is -0.0573. The van der Waals surface area contributed by atoms with E-state index in [0.717, 1.165) is 6.42 Å². The maximum atomic E-state index is 12.3. The Kier molecular flexibility index (Phi) is 4.35. The molecule has 0 radical (unpaired) electrons. The fraction of sp³-hybridized carbons (Fsp3) is 0.385. The van der Waals surface area contributed by atoms with Gasteiger partial charge in [-0.05, 0) is 18.6 Å². The van der Waals surface area contributed by atoms with E-state index in [-0.39, 0.29) is 11.7 Å². The molecule has 1 heterocycles. The first-order valence-electron chi connectivity index (χ1n) is 6.17. The highest BCUT2D eigenvalue weighted by atomic mass is 16.5. The number of rotatable bonds is 2. The van der Waals surface area contributed by atoms with Crippen LogP contribution in [0.3, 0.4) is 0 Å². The van der Waals surface area contributed by atoms with Gasteiger partial charge in [0.15, 0.2) is 5.84 Å². The monoisotopic (exact) mass is 263 g/mol. The number of hydrogen-bond donors (Lipinski definition) is 2. The van der Waals surface area contributed by atoms with E-state index in [9.17, 15) is 4.79 Å². The minimum Gasteiger partial charge on any atom is -0.409 e. The highest BCUT2D eigenvalue weighted by molar-refractivity contribution is 6.01. The molecule has 3 N–H and O–H groups in total. The van der Waals surface area contributed by atoms with E-state index in [1.54, 1.807) is 29.2 Å². The van der Waals surface area contributed by atoms with Crippen molar-refractivity contribution < 1.29 is 14.7 Å². The first-order valence-corrected chi connectivity index (χ1v) is 6.17. The number of benzene rings is 1. The molecule has 1 aromatic rings. The molecule has 102 valence electrons. The van der Waals surface area contributed by atoms with Crippen molar-refractivity contribution in [2.75, 3.05) is 26.3 Å². The molecular weight excluding hydrogens is 246 g/mol. The Bertz CT molecular complexity index is 480. The van der Waals surface area contributed by atoms with Crippen molar-refractivity contribution in [2.45, 2.75) is 6.42 Å². The fourth-order valence-electron chi connectivity index (χ4n) is 2.00. The second-order valence-corrected chi connectivity index (χ2v) is 4.32. The van der Waals surface area contributed by atoms with Gasteiger partial charge in [-0.25, -0.2) is 0 Å². The summed E-state index contributed by atoms with van der Waals surface area (Å²) in [5.41, 5.74) is 6.58. The summed E-state index contributed by atoms with van der Waals surface area (Å²) in [6.45, 7) is 2.53. The highest BCUT2D eigenvalue weighted by Crippen LogP contribution is 2.10. The maximum absolute atomic E-state index is 12.3. The summed E-state index contributed by atoms with van der Waals surface area (Å²) in [4.78, 5) is 14.1.